The Bertz CT molecular complexity index is 879. The quantitative estimate of drug-likeness (QED) is 0.171. The molecule has 5 rings (SSSR count). The number of halogens is 12. The Morgan fingerprint density at radius 1 is 0.625 bits per heavy atom. The van der Waals surface area contributed by atoms with E-state index in [4.69, 9.17) is 0 Å². The van der Waals surface area contributed by atoms with E-state index in [0.717, 1.165) is 32.3 Å². The molecule has 0 aromatic rings. The lowest BCUT2D eigenvalue weighted by Crippen LogP contribution is -2.58. The van der Waals surface area contributed by atoms with Crippen LogP contribution in [0.25, 0.3) is 0 Å². The van der Waals surface area contributed by atoms with E-state index in [9.17, 15) is 52.7 Å². The van der Waals surface area contributed by atoms with E-state index < -0.39 is 61.3 Å². The fraction of sp³-hybridized carbons (Fsp3) is 1.00. The molecular formula is C26H34F12O2. The summed E-state index contributed by atoms with van der Waals surface area (Å²) in [5.41, 5.74) is -7.72. The first-order valence-corrected chi connectivity index (χ1v) is 13.5. The summed E-state index contributed by atoms with van der Waals surface area (Å²) in [6.45, 7) is 0.0391. The van der Waals surface area contributed by atoms with Crippen LogP contribution in [0.5, 0.6) is 0 Å². The van der Waals surface area contributed by atoms with Gasteiger partial charge in [0.15, 0.2) is 5.41 Å². The summed E-state index contributed by atoms with van der Waals surface area (Å²) in [6, 6.07) is 0. The summed E-state index contributed by atoms with van der Waals surface area (Å²) in [5, 5.41) is 0. The first kappa shape index (κ1) is 32.0. The van der Waals surface area contributed by atoms with E-state index in [2.05, 4.69) is 9.47 Å². The van der Waals surface area contributed by atoms with Crippen molar-refractivity contribution in [3.05, 3.63) is 0 Å². The van der Waals surface area contributed by atoms with Gasteiger partial charge in [-0.15, -0.1) is 0 Å². The summed E-state index contributed by atoms with van der Waals surface area (Å²) < 4.78 is 161. The maximum absolute atomic E-state index is 13.3. The molecule has 0 aromatic heterocycles. The highest BCUT2D eigenvalue weighted by Crippen LogP contribution is 2.76. The van der Waals surface area contributed by atoms with Crippen molar-refractivity contribution in [2.45, 2.75) is 89.1 Å². The average Bonchev–Trinajstić information content (AvgIpc) is 3.53. The van der Waals surface area contributed by atoms with Gasteiger partial charge < -0.3 is 9.47 Å². The molecule has 0 aromatic carbocycles. The number of hydrogen-bond acceptors (Lipinski definition) is 2. The minimum absolute atomic E-state index is 0.134. The molecule has 5 saturated carbocycles. The summed E-state index contributed by atoms with van der Waals surface area (Å²) in [6.07, 6.45) is -18.1. The topological polar surface area (TPSA) is 18.5 Å². The van der Waals surface area contributed by atoms with Crippen LogP contribution in [0, 0.1) is 58.7 Å². The summed E-state index contributed by atoms with van der Waals surface area (Å²) in [7, 11) is 0.938. The largest absolute Gasteiger partial charge is 0.426 e. The lowest BCUT2D eigenvalue weighted by Gasteiger charge is -2.55. The van der Waals surface area contributed by atoms with Crippen LogP contribution < -0.4 is 0 Å². The minimum Gasteiger partial charge on any atom is -0.359 e. The predicted molar refractivity (Wildman–Crippen MR) is 117 cm³/mol. The highest BCUT2D eigenvalue weighted by atomic mass is 19.4. The van der Waals surface area contributed by atoms with Gasteiger partial charge in [0.25, 0.3) is 5.60 Å². The fourth-order valence-electron chi connectivity index (χ4n) is 9.22. The van der Waals surface area contributed by atoms with Crippen molar-refractivity contribution < 1.29 is 62.2 Å². The Morgan fingerprint density at radius 2 is 1.10 bits per heavy atom. The van der Waals surface area contributed by atoms with Gasteiger partial charge >= 0.3 is 24.7 Å². The molecule has 5 aliphatic rings. The van der Waals surface area contributed by atoms with Gasteiger partial charge in [-0.3, -0.25) is 0 Å². The van der Waals surface area contributed by atoms with Crippen LogP contribution in [0.2, 0.25) is 0 Å². The Labute approximate surface area is 224 Å². The summed E-state index contributed by atoms with van der Waals surface area (Å²) in [4.78, 5) is 0. The number of ether oxygens (including phenoxy) is 2. The molecular weight excluding hydrogens is 572 g/mol. The molecule has 5 aliphatic carbocycles. The lowest BCUT2D eigenvalue weighted by atomic mass is 9.50. The maximum atomic E-state index is 13.3. The van der Waals surface area contributed by atoms with E-state index >= 15 is 0 Å². The van der Waals surface area contributed by atoms with Crippen molar-refractivity contribution in [3.8, 4) is 0 Å². The molecule has 0 amide bonds. The molecule has 4 bridgehead atoms. The van der Waals surface area contributed by atoms with Crippen molar-refractivity contribution in [1.82, 2.24) is 0 Å². The van der Waals surface area contributed by atoms with E-state index in [0.29, 0.717) is 42.9 Å². The molecule has 9 atom stereocenters. The molecule has 2 nitrogen and oxygen atoms in total. The van der Waals surface area contributed by atoms with Crippen LogP contribution in [-0.4, -0.2) is 44.2 Å². The molecule has 0 heterocycles. The molecule has 234 valence electrons. The molecule has 40 heavy (non-hydrogen) atoms. The standard InChI is InChI=1S/C19H24F6.C7H10F6O2/c1-17(18(20,21)22,19(23,24)25)7-10-5-11-12-6-13(14(10)11)16-9-3-2-8(4-9)15(12)16;1-3-5(6(8,9)10,7(11,12)13)15-4-14-2/h8-16H,2-7H2,1H3;3-4H2,1-2H3. The van der Waals surface area contributed by atoms with Crippen LogP contribution in [0.3, 0.4) is 0 Å². The third-order valence-corrected chi connectivity index (χ3v) is 11.0. The summed E-state index contributed by atoms with van der Waals surface area (Å²) >= 11 is 0. The second-order valence-electron chi connectivity index (χ2n) is 12.5. The van der Waals surface area contributed by atoms with Crippen molar-refractivity contribution in [2.24, 2.45) is 58.7 Å². The van der Waals surface area contributed by atoms with Gasteiger partial charge in [-0.1, -0.05) is 6.92 Å². The van der Waals surface area contributed by atoms with Crippen LogP contribution in [0.15, 0.2) is 0 Å². The van der Waals surface area contributed by atoms with Crippen molar-refractivity contribution in [2.75, 3.05) is 13.9 Å². The van der Waals surface area contributed by atoms with Crippen molar-refractivity contribution in [3.63, 3.8) is 0 Å². The molecule has 0 radical (unpaired) electrons. The van der Waals surface area contributed by atoms with E-state index in [1.54, 1.807) is 0 Å². The molecule has 5 fully saturated rings. The highest BCUT2D eigenvalue weighted by Gasteiger charge is 2.74. The normalized spacial score (nSPS) is 37.1. The average molecular weight is 607 g/mol. The second kappa shape index (κ2) is 10.1. The monoisotopic (exact) mass is 606 g/mol. The predicted octanol–water partition coefficient (Wildman–Crippen LogP) is 8.95. The van der Waals surface area contributed by atoms with Gasteiger partial charge in [0.1, 0.15) is 6.79 Å². The van der Waals surface area contributed by atoms with Crippen molar-refractivity contribution >= 4 is 0 Å². The molecule has 14 heteroatoms. The zero-order valence-electron chi connectivity index (χ0n) is 22.2. The van der Waals surface area contributed by atoms with Gasteiger partial charge in [0, 0.05) is 7.11 Å². The first-order chi connectivity index (χ1) is 18.1. The molecule has 0 N–H and O–H groups in total. The SMILES string of the molecule is CC(CC1CC2C3CC(C12)C1C2CCC(C2)C31)(C(F)(F)F)C(F)(F)F.CCC(OCOC)(C(F)(F)F)C(F)(F)F. The molecule has 9 unspecified atom stereocenters. The molecule has 0 aliphatic heterocycles. The van der Waals surface area contributed by atoms with Crippen LogP contribution in [0.1, 0.15) is 58.8 Å². The fourth-order valence-corrected chi connectivity index (χ4v) is 9.22. The first-order valence-electron chi connectivity index (χ1n) is 13.5. The number of rotatable bonds is 6. The van der Waals surface area contributed by atoms with Crippen LogP contribution in [-0.2, 0) is 9.47 Å². The van der Waals surface area contributed by atoms with Gasteiger partial charge in [0.05, 0.1) is 0 Å². The maximum Gasteiger partial charge on any atom is 0.426 e. The molecule has 0 saturated heterocycles. The van der Waals surface area contributed by atoms with Gasteiger partial charge in [0.2, 0.25) is 0 Å². The smallest absolute Gasteiger partial charge is 0.359 e. The zero-order chi connectivity index (χ0) is 30.3. The number of methoxy groups -OCH3 is 1. The Balaban J connectivity index is 0.000000214. The van der Waals surface area contributed by atoms with Crippen molar-refractivity contribution in [1.29, 1.82) is 0 Å². The van der Waals surface area contributed by atoms with E-state index in [-0.39, 0.29) is 5.92 Å². The number of fused-ring (bicyclic) bond motifs is 12. The third kappa shape index (κ3) is 4.72. The highest BCUT2D eigenvalue weighted by molar-refractivity contribution is 5.18. The third-order valence-electron chi connectivity index (χ3n) is 11.0. The molecule has 0 spiro atoms. The van der Waals surface area contributed by atoms with Gasteiger partial charge in [-0.05, 0) is 105 Å². The van der Waals surface area contributed by atoms with Crippen LogP contribution in [0.4, 0.5) is 52.7 Å². The summed E-state index contributed by atoms with van der Waals surface area (Å²) in [5.74, 6) is 4.07. The Morgan fingerprint density at radius 3 is 1.52 bits per heavy atom. The zero-order valence-corrected chi connectivity index (χ0v) is 22.2. The minimum atomic E-state index is -5.53. The van der Waals surface area contributed by atoms with Gasteiger partial charge in [-0.2, -0.15) is 52.7 Å². The van der Waals surface area contributed by atoms with E-state index in [1.807, 2.05) is 0 Å². The van der Waals surface area contributed by atoms with E-state index in [1.165, 1.54) is 19.3 Å². The second-order valence-corrected chi connectivity index (χ2v) is 12.5. The number of alkyl halides is 12. The Hall–Kier alpha value is -0.920. The van der Waals surface area contributed by atoms with Crippen LogP contribution >= 0.6 is 0 Å². The Kier molecular flexibility index (Phi) is 8.06. The van der Waals surface area contributed by atoms with Gasteiger partial charge in [-0.25, -0.2) is 0 Å². The number of hydrogen-bond donors (Lipinski definition) is 0. The lowest BCUT2D eigenvalue weighted by molar-refractivity contribution is -0.392.